The number of hydrogen-bond donors (Lipinski definition) is 2. The molecule has 0 aromatic heterocycles. The van der Waals surface area contributed by atoms with Gasteiger partial charge in [-0.3, -0.25) is 5.43 Å². The lowest BCUT2D eigenvalue weighted by molar-refractivity contribution is -0.0498. The number of alkyl halides is 2. The van der Waals surface area contributed by atoms with Crippen LogP contribution < -0.4 is 15.5 Å². The normalized spacial score (nSPS) is 17.1. The Labute approximate surface area is 155 Å². The van der Waals surface area contributed by atoms with E-state index in [1.807, 2.05) is 24.3 Å². The number of fused-ring (bicyclic) bond motifs is 1. The Balaban J connectivity index is 1.69. The number of nitrogens with zero attached hydrogens (tertiary/aromatic N) is 1. The van der Waals surface area contributed by atoms with E-state index in [9.17, 15) is 8.78 Å². The Morgan fingerprint density at radius 1 is 1.35 bits per heavy atom. The zero-order valence-corrected chi connectivity index (χ0v) is 14.8. The van der Waals surface area contributed by atoms with E-state index in [4.69, 9.17) is 17.0 Å². The first-order chi connectivity index (χ1) is 12.6. The van der Waals surface area contributed by atoms with Crippen molar-refractivity contribution in [2.24, 2.45) is 5.10 Å². The molecule has 26 heavy (non-hydrogen) atoms. The molecule has 1 aliphatic heterocycles. The summed E-state index contributed by atoms with van der Waals surface area (Å²) in [6, 6.07) is 10.6. The Morgan fingerprint density at radius 3 is 2.96 bits per heavy atom. The van der Waals surface area contributed by atoms with Crippen LogP contribution >= 0.6 is 12.2 Å². The maximum absolute atomic E-state index is 12.7. The Hall–Kier alpha value is -2.32. The van der Waals surface area contributed by atoms with Crippen LogP contribution in [-0.2, 0) is 4.74 Å². The van der Waals surface area contributed by atoms with Crippen LogP contribution in [0, 0.1) is 0 Å². The highest BCUT2D eigenvalue weighted by atomic mass is 32.1. The van der Waals surface area contributed by atoms with Crippen molar-refractivity contribution in [3.63, 3.8) is 0 Å². The first kappa shape index (κ1) is 18.5. The molecule has 1 atom stereocenters. The van der Waals surface area contributed by atoms with Crippen LogP contribution in [0.5, 0.6) is 5.75 Å². The minimum absolute atomic E-state index is 0.0579. The highest BCUT2D eigenvalue weighted by molar-refractivity contribution is 7.80. The predicted molar refractivity (Wildman–Crippen MR) is 101 cm³/mol. The van der Waals surface area contributed by atoms with Gasteiger partial charge < -0.3 is 14.8 Å². The molecule has 0 amide bonds. The van der Waals surface area contributed by atoms with Crippen molar-refractivity contribution in [3.05, 3.63) is 42.0 Å². The van der Waals surface area contributed by atoms with Gasteiger partial charge in [0.05, 0.1) is 12.3 Å². The van der Waals surface area contributed by atoms with Crippen molar-refractivity contribution in [2.75, 3.05) is 13.2 Å². The zero-order valence-electron chi connectivity index (χ0n) is 14.0. The quantitative estimate of drug-likeness (QED) is 0.458. The van der Waals surface area contributed by atoms with Crippen LogP contribution in [0.3, 0.4) is 0 Å². The lowest BCUT2D eigenvalue weighted by atomic mass is 10.0. The van der Waals surface area contributed by atoms with Gasteiger partial charge >= 0.3 is 6.61 Å². The van der Waals surface area contributed by atoms with E-state index >= 15 is 0 Å². The Kier molecular flexibility index (Phi) is 6.30. The van der Waals surface area contributed by atoms with Crippen molar-refractivity contribution >= 4 is 34.3 Å². The summed E-state index contributed by atoms with van der Waals surface area (Å²) < 4.78 is 35.5. The van der Waals surface area contributed by atoms with E-state index in [2.05, 4.69) is 20.6 Å². The molecule has 8 heteroatoms. The van der Waals surface area contributed by atoms with E-state index < -0.39 is 6.61 Å². The molecular formula is C18H19F2N3O2S. The van der Waals surface area contributed by atoms with Crippen LogP contribution in [0.25, 0.3) is 10.8 Å². The number of ether oxygens (including phenoxy) is 2. The van der Waals surface area contributed by atoms with Gasteiger partial charge in [0.1, 0.15) is 5.75 Å². The highest BCUT2D eigenvalue weighted by Gasteiger charge is 2.15. The van der Waals surface area contributed by atoms with Crippen LogP contribution in [0.2, 0.25) is 0 Å². The fourth-order valence-corrected chi connectivity index (χ4v) is 2.95. The standard InChI is InChI=1S/C18H19F2N3O2S/c19-17(20)25-16-8-7-12-4-1-2-6-14(12)15(16)11-22-23-18(26)21-10-13-5-3-9-24-13/h1-2,4,6-8,11,13,17H,3,5,9-10H2,(H2,21,23,26)/b22-11-/t13-/m1/s1. The monoisotopic (exact) mass is 379 g/mol. The molecule has 0 unspecified atom stereocenters. The van der Waals surface area contributed by atoms with E-state index in [0.29, 0.717) is 17.2 Å². The molecule has 138 valence electrons. The molecule has 0 radical (unpaired) electrons. The maximum atomic E-state index is 12.7. The van der Waals surface area contributed by atoms with E-state index in [0.717, 1.165) is 30.2 Å². The van der Waals surface area contributed by atoms with Gasteiger partial charge in [-0.1, -0.05) is 30.3 Å². The van der Waals surface area contributed by atoms with Gasteiger partial charge in [0, 0.05) is 18.7 Å². The third-order valence-corrected chi connectivity index (χ3v) is 4.26. The summed E-state index contributed by atoms with van der Waals surface area (Å²) in [4.78, 5) is 0. The lowest BCUT2D eigenvalue weighted by Gasteiger charge is -2.12. The van der Waals surface area contributed by atoms with Gasteiger partial charge in [0.2, 0.25) is 0 Å². The smallest absolute Gasteiger partial charge is 0.387 e. The fraction of sp³-hybridized carbons (Fsp3) is 0.333. The summed E-state index contributed by atoms with van der Waals surface area (Å²) in [5.74, 6) is 0.0579. The number of hydrazone groups is 1. The number of benzene rings is 2. The number of hydrogen-bond acceptors (Lipinski definition) is 4. The lowest BCUT2D eigenvalue weighted by Crippen LogP contribution is -2.37. The topological polar surface area (TPSA) is 54.9 Å². The van der Waals surface area contributed by atoms with E-state index in [1.165, 1.54) is 12.3 Å². The third-order valence-electron chi connectivity index (χ3n) is 4.02. The van der Waals surface area contributed by atoms with Crippen molar-refractivity contribution in [1.29, 1.82) is 0 Å². The molecule has 5 nitrogen and oxygen atoms in total. The molecule has 1 saturated heterocycles. The number of thiocarbonyl (C=S) groups is 1. The zero-order chi connectivity index (χ0) is 18.4. The molecule has 1 fully saturated rings. The van der Waals surface area contributed by atoms with Crippen LogP contribution in [0.4, 0.5) is 8.78 Å². The molecule has 0 aliphatic carbocycles. The summed E-state index contributed by atoms with van der Waals surface area (Å²) in [6.45, 7) is -1.53. The molecule has 3 rings (SSSR count). The highest BCUT2D eigenvalue weighted by Crippen LogP contribution is 2.27. The van der Waals surface area contributed by atoms with E-state index in [1.54, 1.807) is 6.07 Å². The van der Waals surface area contributed by atoms with Crippen molar-refractivity contribution in [3.8, 4) is 5.75 Å². The average Bonchev–Trinajstić information content (AvgIpc) is 3.14. The molecule has 2 N–H and O–H groups in total. The molecular weight excluding hydrogens is 360 g/mol. The van der Waals surface area contributed by atoms with E-state index in [-0.39, 0.29) is 11.9 Å². The van der Waals surface area contributed by atoms with Crippen LogP contribution in [0.15, 0.2) is 41.5 Å². The van der Waals surface area contributed by atoms with Gasteiger partial charge in [-0.2, -0.15) is 13.9 Å². The molecule has 0 bridgehead atoms. The van der Waals surface area contributed by atoms with Crippen molar-refractivity contribution in [1.82, 2.24) is 10.7 Å². The number of halogens is 2. The van der Waals surface area contributed by atoms with Gasteiger partial charge in [0.25, 0.3) is 0 Å². The minimum atomic E-state index is -2.91. The van der Waals surface area contributed by atoms with Crippen molar-refractivity contribution in [2.45, 2.75) is 25.6 Å². The Bertz CT molecular complexity index is 795. The SMILES string of the molecule is FC(F)Oc1ccc2ccccc2c1/C=N\NC(=S)NC[C@H]1CCCO1. The number of nitrogens with one attached hydrogen (secondary N) is 2. The minimum Gasteiger partial charge on any atom is -0.434 e. The van der Waals surface area contributed by atoms with Gasteiger partial charge in [-0.25, -0.2) is 0 Å². The molecule has 1 aliphatic rings. The van der Waals surface area contributed by atoms with Gasteiger partial charge in [0.15, 0.2) is 5.11 Å². The largest absolute Gasteiger partial charge is 0.434 e. The molecule has 2 aromatic carbocycles. The summed E-state index contributed by atoms with van der Waals surface area (Å²) in [5, 5.41) is 9.08. The molecule has 1 heterocycles. The second kappa shape index (κ2) is 8.86. The third kappa shape index (κ3) is 4.86. The summed E-state index contributed by atoms with van der Waals surface area (Å²) >= 11 is 5.16. The van der Waals surface area contributed by atoms with Gasteiger partial charge in [-0.15, -0.1) is 0 Å². The molecule has 0 saturated carbocycles. The second-order valence-corrected chi connectivity index (χ2v) is 6.20. The fourth-order valence-electron chi connectivity index (χ4n) is 2.81. The maximum Gasteiger partial charge on any atom is 0.387 e. The average molecular weight is 379 g/mol. The predicted octanol–water partition coefficient (Wildman–Crippen LogP) is 3.42. The summed E-state index contributed by atoms with van der Waals surface area (Å²) in [7, 11) is 0. The first-order valence-corrected chi connectivity index (χ1v) is 8.69. The second-order valence-electron chi connectivity index (χ2n) is 5.79. The molecule has 0 spiro atoms. The van der Waals surface area contributed by atoms with Crippen molar-refractivity contribution < 1.29 is 18.3 Å². The Morgan fingerprint density at radius 2 is 2.19 bits per heavy atom. The number of rotatable bonds is 6. The first-order valence-electron chi connectivity index (χ1n) is 8.28. The summed E-state index contributed by atoms with van der Waals surface area (Å²) in [6.07, 6.45) is 3.64. The van der Waals surface area contributed by atoms with Gasteiger partial charge in [-0.05, 0) is 41.9 Å². The molecule has 2 aromatic rings. The van der Waals surface area contributed by atoms with Crippen LogP contribution in [0.1, 0.15) is 18.4 Å². The summed E-state index contributed by atoms with van der Waals surface area (Å²) in [5.41, 5.74) is 3.15. The van der Waals surface area contributed by atoms with Crippen LogP contribution in [-0.4, -0.2) is 37.2 Å².